The number of carboxylic acid groups (broad SMARTS) is 1. The van der Waals surface area contributed by atoms with Gasteiger partial charge in [-0.15, -0.1) is 0 Å². The molecule has 1 amide bonds. The van der Waals surface area contributed by atoms with Crippen molar-refractivity contribution in [1.82, 2.24) is 4.90 Å². The highest BCUT2D eigenvalue weighted by atomic mass is 16.4. The number of hydrogen-bond acceptors (Lipinski definition) is 3. The molecule has 0 unspecified atom stereocenters. The molecule has 0 spiro atoms. The lowest BCUT2D eigenvalue weighted by atomic mass is 9.95. The molecule has 1 fully saturated rings. The molecule has 0 bridgehead atoms. The maximum atomic E-state index is 11.9. The summed E-state index contributed by atoms with van der Waals surface area (Å²) in [4.78, 5) is 24.1. The van der Waals surface area contributed by atoms with Gasteiger partial charge in [0.25, 0.3) is 0 Å². The van der Waals surface area contributed by atoms with Crippen molar-refractivity contribution in [2.75, 3.05) is 18.8 Å². The van der Waals surface area contributed by atoms with Crippen LogP contribution in [-0.4, -0.2) is 35.0 Å². The van der Waals surface area contributed by atoms with Gasteiger partial charge in [-0.25, -0.2) is 0 Å². The van der Waals surface area contributed by atoms with E-state index in [0.717, 1.165) is 5.56 Å². The van der Waals surface area contributed by atoms with Crippen molar-refractivity contribution in [2.45, 2.75) is 12.8 Å². The number of carbonyl (C=O) groups is 2. The molecule has 96 valence electrons. The molecule has 1 aromatic rings. The van der Waals surface area contributed by atoms with Crippen molar-refractivity contribution in [3.63, 3.8) is 0 Å². The van der Waals surface area contributed by atoms with E-state index in [1.54, 1.807) is 17.0 Å². The zero-order valence-corrected chi connectivity index (χ0v) is 10.0. The molecule has 5 nitrogen and oxygen atoms in total. The Bertz CT molecular complexity index is 467. The number of rotatable bonds is 4. The number of hydrogen-bond donors (Lipinski definition) is 2. The Morgan fingerprint density at radius 1 is 1.39 bits per heavy atom. The van der Waals surface area contributed by atoms with Crippen LogP contribution in [0.15, 0.2) is 24.3 Å². The molecule has 0 radical (unpaired) electrons. The van der Waals surface area contributed by atoms with Gasteiger partial charge >= 0.3 is 5.97 Å². The topological polar surface area (TPSA) is 83.6 Å². The zero-order chi connectivity index (χ0) is 13.1. The van der Waals surface area contributed by atoms with E-state index in [1.807, 2.05) is 12.1 Å². The van der Waals surface area contributed by atoms with E-state index in [0.29, 0.717) is 25.2 Å². The molecule has 3 N–H and O–H groups in total. The first-order valence-corrected chi connectivity index (χ1v) is 5.88. The van der Waals surface area contributed by atoms with Crippen LogP contribution in [0.2, 0.25) is 0 Å². The molecule has 1 aromatic carbocycles. The molecular formula is C13H16N2O3. The molecular weight excluding hydrogens is 232 g/mol. The second-order valence-electron chi connectivity index (χ2n) is 4.68. The summed E-state index contributed by atoms with van der Waals surface area (Å²) in [5, 5.41) is 8.62. The number of benzene rings is 1. The summed E-state index contributed by atoms with van der Waals surface area (Å²) >= 11 is 0. The van der Waals surface area contributed by atoms with Crippen LogP contribution in [0.1, 0.15) is 12.0 Å². The van der Waals surface area contributed by atoms with Crippen molar-refractivity contribution in [2.24, 2.45) is 5.92 Å². The highest BCUT2D eigenvalue weighted by molar-refractivity contribution is 5.80. The van der Waals surface area contributed by atoms with E-state index >= 15 is 0 Å². The van der Waals surface area contributed by atoms with Gasteiger partial charge in [-0.2, -0.15) is 0 Å². The largest absolute Gasteiger partial charge is 0.481 e. The third-order valence-corrected chi connectivity index (χ3v) is 3.08. The first kappa shape index (κ1) is 12.4. The summed E-state index contributed by atoms with van der Waals surface area (Å²) in [5.74, 6) is -0.669. The van der Waals surface area contributed by atoms with Gasteiger partial charge < -0.3 is 15.7 Å². The summed E-state index contributed by atoms with van der Waals surface area (Å²) < 4.78 is 0. The monoisotopic (exact) mass is 248 g/mol. The number of carboxylic acids is 1. The van der Waals surface area contributed by atoms with E-state index in [4.69, 9.17) is 10.8 Å². The first-order chi connectivity index (χ1) is 8.54. The summed E-state index contributed by atoms with van der Waals surface area (Å²) in [5.41, 5.74) is 7.18. The molecule has 1 heterocycles. The van der Waals surface area contributed by atoms with Crippen LogP contribution >= 0.6 is 0 Å². The molecule has 18 heavy (non-hydrogen) atoms. The number of nitrogens with zero attached hydrogens (tertiary/aromatic N) is 1. The fraction of sp³-hybridized carbons (Fsp3) is 0.385. The Labute approximate surface area is 105 Å². The highest BCUT2D eigenvalue weighted by Gasteiger charge is 2.31. The van der Waals surface area contributed by atoms with Crippen LogP contribution in [0.25, 0.3) is 0 Å². The number of aliphatic carboxylic acids is 1. The Morgan fingerprint density at radius 2 is 2.11 bits per heavy atom. The average Bonchev–Trinajstić information content (AvgIpc) is 2.22. The number of amides is 1. The Kier molecular flexibility index (Phi) is 3.50. The van der Waals surface area contributed by atoms with Gasteiger partial charge in [-0.1, -0.05) is 12.1 Å². The Balaban J connectivity index is 1.82. The van der Waals surface area contributed by atoms with Crippen molar-refractivity contribution in [3.8, 4) is 0 Å². The van der Waals surface area contributed by atoms with E-state index in [9.17, 15) is 9.59 Å². The Hall–Kier alpha value is -2.04. The Morgan fingerprint density at radius 3 is 2.72 bits per heavy atom. The van der Waals surface area contributed by atoms with Crippen LogP contribution in [0.4, 0.5) is 5.69 Å². The average molecular weight is 248 g/mol. The maximum absolute atomic E-state index is 11.9. The van der Waals surface area contributed by atoms with Gasteiger partial charge in [0.2, 0.25) is 5.91 Å². The third-order valence-electron chi connectivity index (χ3n) is 3.08. The van der Waals surface area contributed by atoms with Gasteiger partial charge in [-0.05, 0) is 17.7 Å². The molecule has 0 atom stereocenters. The van der Waals surface area contributed by atoms with Crippen LogP contribution in [0.5, 0.6) is 0 Å². The van der Waals surface area contributed by atoms with Crippen LogP contribution in [-0.2, 0) is 16.0 Å². The quantitative estimate of drug-likeness (QED) is 0.770. The van der Waals surface area contributed by atoms with Gasteiger partial charge in [-0.3, -0.25) is 9.59 Å². The standard InChI is InChI=1S/C13H16N2O3/c14-11-3-1-2-9(4-11)5-12(16)15-7-10(8-15)6-13(17)18/h1-4,10H,5-8,14H2,(H,17,18). The second kappa shape index (κ2) is 5.08. The smallest absolute Gasteiger partial charge is 0.303 e. The van der Waals surface area contributed by atoms with Crippen molar-refractivity contribution in [1.29, 1.82) is 0 Å². The normalized spacial score (nSPS) is 15.2. The van der Waals surface area contributed by atoms with E-state index in [1.165, 1.54) is 0 Å². The van der Waals surface area contributed by atoms with Crippen molar-refractivity contribution < 1.29 is 14.7 Å². The van der Waals surface area contributed by atoms with Gasteiger partial charge in [0.05, 0.1) is 12.8 Å². The fourth-order valence-electron chi connectivity index (χ4n) is 2.14. The number of anilines is 1. The van der Waals surface area contributed by atoms with E-state index in [-0.39, 0.29) is 18.2 Å². The number of nitrogen functional groups attached to an aromatic ring is 1. The molecule has 0 saturated carbocycles. The predicted molar refractivity (Wildman–Crippen MR) is 66.9 cm³/mol. The maximum Gasteiger partial charge on any atom is 0.303 e. The minimum Gasteiger partial charge on any atom is -0.481 e. The number of likely N-dealkylation sites (tertiary alicyclic amines) is 1. The third kappa shape index (κ3) is 3.00. The van der Waals surface area contributed by atoms with Gasteiger partial charge in [0, 0.05) is 24.7 Å². The van der Waals surface area contributed by atoms with Gasteiger partial charge in [0.1, 0.15) is 0 Å². The molecule has 0 aliphatic carbocycles. The SMILES string of the molecule is Nc1cccc(CC(=O)N2CC(CC(=O)O)C2)c1. The minimum absolute atomic E-state index is 0.0299. The zero-order valence-electron chi connectivity index (χ0n) is 10.0. The minimum atomic E-state index is -0.803. The predicted octanol–water partition coefficient (Wildman–Crippen LogP) is 0.744. The van der Waals surface area contributed by atoms with Gasteiger partial charge in [0.15, 0.2) is 0 Å². The summed E-state index contributed by atoms with van der Waals surface area (Å²) in [7, 11) is 0. The lowest BCUT2D eigenvalue weighted by Gasteiger charge is -2.38. The molecule has 2 rings (SSSR count). The summed E-state index contributed by atoms with van der Waals surface area (Å²) in [6.07, 6.45) is 0.465. The number of nitrogens with two attached hydrogens (primary N) is 1. The molecule has 1 saturated heterocycles. The molecule has 0 aromatic heterocycles. The summed E-state index contributed by atoms with van der Waals surface area (Å²) in [6, 6.07) is 7.25. The molecule has 5 heteroatoms. The van der Waals surface area contributed by atoms with Crippen LogP contribution < -0.4 is 5.73 Å². The lowest BCUT2D eigenvalue weighted by Crippen LogP contribution is -2.51. The van der Waals surface area contributed by atoms with E-state index in [2.05, 4.69) is 0 Å². The second-order valence-corrected chi connectivity index (χ2v) is 4.68. The van der Waals surface area contributed by atoms with Crippen molar-refractivity contribution in [3.05, 3.63) is 29.8 Å². The van der Waals surface area contributed by atoms with E-state index < -0.39 is 5.97 Å². The molecule has 1 aliphatic heterocycles. The number of carbonyl (C=O) groups excluding carboxylic acids is 1. The molecule has 1 aliphatic rings. The first-order valence-electron chi connectivity index (χ1n) is 5.88. The lowest BCUT2D eigenvalue weighted by molar-refractivity contribution is -0.144. The van der Waals surface area contributed by atoms with Crippen molar-refractivity contribution >= 4 is 17.6 Å². The van der Waals surface area contributed by atoms with Crippen LogP contribution in [0.3, 0.4) is 0 Å². The van der Waals surface area contributed by atoms with Crippen LogP contribution in [0, 0.1) is 5.92 Å². The highest BCUT2D eigenvalue weighted by Crippen LogP contribution is 2.20. The fourth-order valence-corrected chi connectivity index (χ4v) is 2.14. The summed E-state index contributed by atoms with van der Waals surface area (Å²) in [6.45, 7) is 1.10.